The third kappa shape index (κ3) is 4.75. The first-order valence-corrected chi connectivity index (χ1v) is 14.5. The number of morpholine rings is 1. The Morgan fingerprint density at radius 2 is 1.43 bits per heavy atom. The van der Waals surface area contributed by atoms with Gasteiger partial charge in [-0.25, -0.2) is 4.79 Å². The fourth-order valence-corrected chi connectivity index (χ4v) is 7.20. The Morgan fingerprint density at radius 3 is 2.05 bits per heavy atom. The van der Waals surface area contributed by atoms with Crippen LogP contribution in [-0.2, 0) is 15.9 Å². The minimum absolute atomic E-state index is 0.00209. The number of amides is 1. The third-order valence-corrected chi connectivity index (χ3v) is 9.03. The third-order valence-electron chi connectivity index (χ3n) is 9.03. The zero-order valence-electron chi connectivity index (χ0n) is 23.3. The molecule has 0 radical (unpaired) electrons. The molecule has 4 aromatic rings. The van der Waals surface area contributed by atoms with Crippen molar-refractivity contribution in [2.75, 3.05) is 19.8 Å². The molecule has 7 rings (SSSR count). The van der Waals surface area contributed by atoms with Crippen LogP contribution in [0.25, 0.3) is 22.3 Å². The second kappa shape index (κ2) is 10.8. The van der Waals surface area contributed by atoms with E-state index in [1.165, 1.54) is 22.3 Å². The largest absolute Gasteiger partial charge is 0.448 e. The number of piperidine rings is 1. The topological polar surface area (TPSA) is 82.8 Å². The number of hydrogen-bond acceptors (Lipinski definition) is 5. The summed E-state index contributed by atoms with van der Waals surface area (Å²) in [5.41, 5.74) is 7.34. The van der Waals surface area contributed by atoms with Gasteiger partial charge in [-0.3, -0.25) is 4.90 Å². The van der Waals surface area contributed by atoms with E-state index in [4.69, 9.17) is 9.47 Å². The molecule has 210 valence electrons. The summed E-state index contributed by atoms with van der Waals surface area (Å²) in [4.78, 5) is 15.3. The van der Waals surface area contributed by atoms with Gasteiger partial charge in [-0.1, -0.05) is 91.0 Å². The highest BCUT2D eigenvalue weighted by Gasteiger charge is 2.48. The van der Waals surface area contributed by atoms with Crippen molar-refractivity contribution < 1.29 is 19.4 Å². The molecule has 4 aromatic carbocycles. The predicted octanol–water partition coefficient (Wildman–Crippen LogP) is 6.31. The predicted molar refractivity (Wildman–Crippen MR) is 160 cm³/mol. The number of nitriles is 1. The Hall–Kier alpha value is -4.44. The molecule has 2 aliphatic heterocycles. The zero-order valence-corrected chi connectivity index (χ0v) is 23.3. The van der Waals surface area contributed by atoms with E-state index < -0.39 is 5.60 Å². The van der Waals surface area contributed by atoms with Crippen molar-refractivity contribution >= 4 is 6.09 Å². The summed E-state index contributed by atoms with van der Waals surface area (Å²) in [5.74, 6) is 0.00209. The molecule has 3 aliphatic rings. The second-order valence-electron chi connectivity index (χ2n) is 11.7. The monoisotopic (exact) mass is 556 g/mol. The van der Waals surface area contributed by atoms with Gasteiger partial charge in [0.25, 0.3) is 0 Å². The van der Waals surface area contributed by atoms with Gasteiger partial charge in [-0.2, -0.15) is 5.26 Å². The molecule has 42 heavy (non-hydrogen) atoms. The highest BCUT2D eigenvalue weighted by Crippen LogP contribution is 2.45. The maximum absolute atomic E-state index is 13.5. The van der Waals surface area contributed by atoms with E-state index in [0.29, 0.717) is 38.0 Å². The van der Waals surface area contributed by atoms with Gasteiger partial charge >= 0.3 is 6.09 Å². The van der Waals surface area contributed by atoms with Crippen LogP contribution in [0.4, 0.5) is 4.79 Å². The molecule has 0 spiro atoms. The average Bonchev–Trinajstić information content (AvgIpc) is 3.33. The molecule has 1 aliphatic carbocycles. The molecule has 2 fully saturated rings. The van der Waals surface area contributed by atoms with E-state index in [0.717, 1.165) is 16.7 Å². The van der Waals surface area contributed by atoms with Gasteiger partial charge in [0, 0.05) is 12.3 Å². The van der Waals surface area contributed by atoms with Gasteiger partial charge in [0.15, 0.2) is 0 Å². The van der Waals surface area contributed by atoms with Crippen LogP contribution < -0.4 is 0 Å². The Balaban J connectivity index is 1.03. The van der Waals surface area contributed by atoms with E-state index in [-0.39, 0.29) is 30.7 Å². The van der Waals surface area contributed by atoms with Gasteiger partial charge in [0.1, 0.15) is 6.61 Å². The summed E-state index contributed by atoms with van der Waals surface area (Å²) in [5, 5.41) is 21.2. The van der Waals surface area contributed by atoms with Crippen molar-refractivity contribution in [3.63, 3.8) is 0 Å². The molecular weight excluding hydrogens is 524 g/mol. The number of nitrogens with zero attached hydrogens (tertiary/aromatic N) is 2. The maximum atomic E-state index is 13.5. The van der Waals surface area contributed by atoms with Crippen LogP contribution in [0, 0.1) is 11.3 Å². The van der Waals surface area contributed by atoms with Crippen molar-refractivity contribution in [1.29, 1.82) is 5.26 Å². The molecule has 2 heterocycles. The summed E-state index contributed by atoms with van der Waals surface area (Å²) < 4.78 is 11.8. The van der Waals surface area contributed by atoms with Crippen molar-refractivity contribution in [3.05, 3.63) is 119 Å². The number of benzene rings is 4. The van der Waals surface area contributed by atoms with Gasteiger partial charge in [-0.15, -0.1) is 0 Å². The first kappa shape index (κ1) is 26.5. The summed E-state index contributed by atoms with van der Waals surface area (Å²) in [6.45, 7) is 1.04. The molecule has 2 saturated heterocycles. The van der Waals surface area contributed by atoms with Crippen molar-refractivity contribution in [2.24, 2.45) is 0 Å². The first-order chi connectivity index (χ1) is 20.5. The number of ether oxygens (including phenoxy) is 2. The molecule has 2 unspecified atom stereocenters. The molecule has 0 saturated carbocycles. The van der Waals surface area contributed by atoms with Crippen LogP contribution >= 0.6 is 0 Å². The molecular formula is C36H32N2O4. The molecule has 1 N–H and O–H groups in total. The van der Waals surface area contributed by atoms with Gasteiger partial charge in [0.2, 0.25) is 0 Å². The van der Waals surface area contributed by atoms with Crippen LogP contribution in [0.15, 0.2) is 97.1 Å². The summed E-state index contributed by atoms with van der Waals surface area (Å²) in [6.07, 6.45) is 0.996. The van der Waals surface area contributed by atoms with E-state index >= 15 is 0 Å². The van der Waals surface area contributed by atoms with E-state index in [2.05, 4.69) is 30.3 Å². The smallest absolute Gasteiger partial charge is 0.410 e. The number of rotatable bonds is 5. The van der Waals surface area contributed by atoms with Crippen molar-refractivity contribution in [1.82, 2.24) is 4.90 Å². The lowest BCUT2D eigenvalue weighted by Gasteiger charge is -2.51. The van der Waals surface area contributed by atoms with Crippen molar-refractivity contribution in [2.45, 2.75) is 42.9 Å². The van der Waals surface area contributed by atoms with Crippen LogP contribution in [0.1, 0.15) is 41.0 Å². The van der Waals surface area contributed by atoms with Crippen molar-refractivity contribution in [3.8, 4) is 28.3 Å². The Bertz CT molecular complexity index is 1620. The molecule has 1 amide bonds. The Labute approximate surface area is 245 Å². The van der Waals surface area contributed by atoms with E-state index in [1.807, 2.05) is 77.7 Å². The standard InChI is InChI=1S/C36H32N2O4/c37-20-26-7-1-2-8-29(26)25-15-13-24(14-16-25)17-36(40)18-27-21-41-22-28(19-36)38(27)35(39)42-23-34-32-11-5-3-9-30(32)31-10-4-6-12-33(31)34/h1-16,27-28,34,40H,17-19,21-23H2. The molecule has 0 aromatic heterocycles. The minimum Gasteiger partial charge on any atom is -0.448 e. The maximum Gasteiger partial charge on any atom is 0.410 e. The molecule has 6 heteroatoms. The van der Waals surface area contributed by atoms with Crippen LogP contribution in [-0.4, -0.2) is 53.6 Å². The fourth-order valence-electron chi connectivity index (χ4n) is 7.20. The number of carbonyl (C=O) groups is 1. The lowest BCUT2D eigenvalue weighted by Crippen LogP contribution is -2.64. The highest BCUT2D eigenvalue weighted by molar-refractivity contribution is 5.79. The minimum atomic E-state index is -0.953. The SMILES string of the molecule is N#Cc1ccccc1-c1ccc(CC2(O)CC3COCC(C2)N3C(=O)OCC2c3ccccc3-c3ccccc32)cc1. The Morgan fingerprint density at radius 1 is 0.857 bits per heavy atom. The lowest BCUT2D eigenvalue weighted by atomic mass is 9.77. The number of aliphatic hydroxyl groups is 1. The first-order valence-electron chi connectivity index (χ1n) is 14.5. The van der Waals surface area contributed by atoms with Gasteiger partial charge < -0.3 is 14.6 Å². The quantitative estimate of drug-likeness (QED) is 0.312. The van der Waals surface area contributed by atoms with Gasteiger partial charge in [-0.05, 0) is 57.9 Å². The summed E-state index contributed by atoms with van der Waals surface area (Å²) >= 11 is 0. The molecule has 6 nitrogen and oxygen atoms in total. The van der Waals surface area contributed by atoms with Crippen LogP contribution in [0.3, 0.4) is 0 Å². The number of fused-ring (bicyclic) bond motifs is 5. The fraction of sp³-hybridized carbons (Fsp3) is 0.278. The van der Waals surface area contributed by atoms with Crippen LogP contribution in [0.5, 0.6) is 0 Å². The second-order valence-corrected chi connectivity index (χ2v) is 11.7. The normalized spacial score (nSPS) is 22.6. The molecule has 2 atom stereocenters. The number of hydrogen-bond donors (Lipinski definition) is 1. The van der Waals surface area contributed by atoms with Crippen LogP contribution in [0.2, 0.25) is 0 Å². The Kier molecular flexibility index (Phi) is 6.78. The van der Waals surface area contributed by atoms with E-state index in [1.54, 1.807) is 0 Å². The zero-order chi connectivity index (χ0) is 28.7. The van der Waals surface area contributed by atoms with E-state index in [9.17, 15) is 15.2 Å². The summed E-state index contributed by atoms with van der Waals surface area (Å²) in [7, 11) is 0. The highest BCUT2D eigenvalue weighted by atomic mass is 16.6. The van der Waals surface area contributed by atoms with Gasteiger partial charge in [0.05, 0.1) is 42.5 Å². The molecule has 2 bridgehead atoms. The number of carbonyl (C=O) groups excluding carboxylic acids is 1. The summed E-state index contributed by atoms with van der Waals surface area (Å²) in [6, 6.07) is 34.0. The lowest BCUT2D eigenvalue weighted by molar-refractivity contribution is -0.132. The average molecular weight is 557 g/mol.